The average Bonchev–Trinajstić information content (AvgIpc) is 3.93. The van der Waals surface area contributed by atoms with Gasteiger partial charge in [0.05, 0.1) is 31.3 Å². The molecule has 0 bridgehead atoms. The number of thiophene rings is 1. The van der Waals surface area contributed by atoms with Crippen LogP contribution < -0.4 is 10.6 Å². The third-order valence-corrected chi connectivity index (χ3v) is 12.5. The summed E-state index contributed by atoms with van der Waals surface area (Å²) < 4.78 is 9.77. The standard InChI is InChI=1S/C47H56N4O7S/c1-4-58-42(53)27-26-41(52)50(2)28-29-51(38-12-5-6-13-38)31-34-10-9-11-36(30-34)44(54)49-46-43(39-14-7-8-15-40(39)59-46)45(55)48-37-24-20-33(21-25-37)17-16-32-18-22-35(23-19-32)47(56)57-3/h9-11,18-25,30,38H,4-8,12-17,26-29,31H2,1-3H3,(H,48,55)(H,49,54). The van der Waals surface area contributed by atoms with E-state index in [1.54, 1.807) is 37.1 Å². The summed E-state index contributed by atoms with van der Waals surface area (Å²) in [4.78, 5) is 69.4. The molecule has 59 heavy (non-hydrogen) atoms. The minimum absolute atomic E-state index is 0.0763. The van der Waals surface area contributed by atoms with Gasteiger partial charge in [-0.3, -0.25) is 24.1 Å². The molecule has 2 aliphatic rings. The zero-order valence-corrected chi connectivity index (χ0v) is 35.3. The van der Waals surface area contributed by atoms with Crippen molar-refractivity contribution in [2.45, 2.75) is 96.6 Å². The molecule has 6 rings (SSSR count). The lowest BCUT2D eigenvalue weighted by Gasteiger charge is -2.31. The number of benzene rings is 3. The third kappa shape index (κ3) is 11.9. The highest BCUT2D eigenvalue weighted by Crippen LogP contribution is 2.39. The van der Waals surface area contributed by atoms with Crippen LogP contribution in [0.1, 0.15) is 116 Å². The molecule has 0 aliphatic heterocycles. The summed E-state index contributed by atoms with van der Waals surface area (Å²) in [6.07, 6.45) is 10.1. The van der Waals surface area contributed by atoms with E-state index >= 15 is 0 Å². The number of ether oxygens (including phenoxy) is 2. The molecule has 1 aromatic heterocycles. The van der Waals surface area contributed by atoms with Gasteiger partial charge in [0.15, 0.2) is 0 Å². The summed E-state index contributed by atoms with van der Waals surface area (Å²) in [6, 6.07) is 23.3. The number of amides is 3. The first-order valence-corrected chi connectivity index (χ1v) is 21.7. The van der Waals surface area contributed by atoms with Crippen LogP contribution in [0, 0.1) is 0 Å². The monoisotopic (exact) mass is 820 g/mol. The van der Waals surface area contributed by atoms with Crippen LogP contribution in [0.2, 0.25) is 0 Å². The lowest BCUT2D eigenvalue weighted by molar-refractivity contribution is -0.145. The van der Waals surface area contributed by atoms with Crippen LogP contribution in [-0.4, -0.2) is 79.4 Å². The average molecular weight is 821 g/mol. The van der Waals surface area contributed by atoms with Crippen LogP contribution in [0.5, 0.6) is 0 Å². The molecule has 0 spiro atoms. The highest BCUT2D eigenvalue weighted by Gasteiger charge is 2.28. The molecule has 0 saturated heterocycles. The Morgan fingerprint density at radius 1 is 0.763 bits per heavy atom. The molecular weight excluding hydrogens is 765 g/mol. The topological polar surface area (TPSA) is 134 Å². The van der Waals surface area contributed by atoms with Crippen LogP contribution in [0.4, 0.5) is 10.7 Å². The van der Waals surface area contributed by atoms with E-state index in [2.05, 4.69) is 15.5 Å². The largest absolute Gasteiger partial charge is 0.466 e. The number of rotatable bonds is 18. The third-order valence-electron chi connectivity index (χ3n) is 11.3. The predicted octanol–water partition coefficient (Wildman–Crippen LogP) is 8.25. The number of hydrogen-bond acceptors (Lipinski definition) is 9. The van der Waals surface area contributed by atoms with E-state index < -0.39 is 0 Å². The van der Waals surface area contributed by atoms with Gasteiger partial charge in [0, 0.05) is 55.3 Å². The minimum atomic E-state index is -0.360. The summed E-state index contributed by atoms with van der Waals surface area (Å²) in [5, 5.41) is 6.79. The Morgan fingerprint density at radius 2 is 1.46 bits per heavy atom. The molecule has 3 amide bonds. The van der Waals surface area contributed by atoms with Gasteiger partial charge < -0.3 is 25.0 Å². The van der Waals surface area contributed by atoms with Gasteiger partial charge >= 0.3 is 11.9 Å². The Labute approximate surface area is 351 Å². The Bertz CT molecular complexity index is 2090. The van der Waals surface area contributed by atoms with Gasteiger partial charge in [-0.05, 0) is 117 Å². The van der Waals surface area contributed by atoms with E-state index in [1.165, 1.54) is 31.3 Å². The SMILES string of the molecule is CCOC(=O)CCC(=O)N(C)CCN(Cc1cccc(C(=O)Nc2sc3c(c2C(=O)Nc2ccc(CCc4ccc(C(=O)OC)cc4)cc2)CCCC3)c1)C1CCCC1. The number of aryl methyl sites for hydroxylation is 3. The van der Waals surface area contributed by atoms with Crippen molar-refractivity contribution < 1.29 is 33.4 Å². The van der Waals surface area contributed by atoms with E-state index in [9.17, 15) is 24.0 Å². The van der Waals surface area contributed by atoms with Crippen LogP contribution in [-0.2, 0) is 51.3 Å². The molecule has 312 valence electrons. The molecule has 12 heteroatoms. The Hall–Kier alpha value is -5.33. The number of anilines is 2. The van der Waals surface area contributed by atoms with Crippen molar-refractivity contribution in [3.63, 3.8) is 0 Å². The highest BCUT2D eigenvalue weighted by atomic mass is 32.1. The molecule has 2 aliphatic carbocycles. The number of fused-ring (bicyclic) bond motifs is 1. The number of esters is 2. The van der Waals surface area contributed by atoms with Crippen LogP contribution in [0.15, 0.2) is 72.8 Å². The predicted molar refractivity (Wildman–Crippen MR) is 231 cm³/mol. The fourth-order valence-corrected chi connectivity index (χ4v) is 9.26. The maximum Gasteiger partial charge on any atom is 0.337 e. The van der Waals surface area contributed by atoms with Crippen LogP contribution >= 0.6 is 11.3 Å². The van der Waals surface area contributed by atoms with Gasteiger partial charge in [-0.15, -0.1) is 11.3 Å². The number of likely N-dealkylation sites (N-methyl/N-ethyl adjacent to an activating group) is 1. The molecule has 0 atom stereocenters. The first-order valence-electron chi connectivity index (χ1n) is 20.9. The van der Waals surface area contributed by atoms with Crippen molar-refractivity contribution in [2.24, 2.45) is 0 Å². The summed E-state index contributed by atoms with van der Waals surface area (Å²) in [6.45, 7) is 3.91. The van der Waals surface area contributed by atoms with E-state index in [0.29, 0.717) is 59.7 Å². The second-order valence-corrected chi connectivity index (χ2v) is 16.5. The van der Waals surface area contributed by atoms with Gasteiger partial charge in [-0.2, -0.15) is 0 Å². The molecule has 1 fully saturated rings. The van der Waals surface area contributed by atoms with Crippen molar-refractivity contribution in [3.05, 3.63) is 117 Å². The zero-order valence-electron chi connectivity index (χ0n) is 34.5. The van der Waals surface area contributed by atoms with Crippen molar-refractivity contribution >= 4 is 51.7 Å². The molecule has 3 aromatic carbocycles. The molecule has 0 unspecified atom stereocenters. The molecule has 4 aromatic rings. The van der Waals surface area contributed by atoms with Gasteiger partial charge in [0.2, 0.25) is 5.91 Å². The first-order chi connectivity index (χ1) is 28.6. The summed E-state index contributed by atoms with van der Waals surface area (Å²) in [5.74, 6) is -1.29. The fourth-order valence-electron chi connectivity index (χ4n) is 7.97. The maximum absolute atomic E-state index is 14.0. The number of nitrogens with one attached hydrogen (secondary N) is 2. The van der Waals surface area contributed by atoms with Crippen molar-refractivity contribution in [3.8, 4) is 0 Å². The van der Waals surface area contributed by atoms with Gasteiger partial charge in [0.25, 0.3) is 11.8 Å². The van der Waals surface area contributed by atoms with Crippen molar-refractivity contribution in [2.75, 3.05) is 44.5 Å². The lowest BCUT2D eigenvalue weighted by Crippen LogP contribution is -2.40. The van der Waals surface area contributed by atoms with Gasteiger partial charge in [-0.1, -0.05) is 49.2 Å². The zero-order chi connectivity index (χ0) is 41.7. The fraction of sp³-hybridized carbons (Fsp3) is 0.426. The van der Waals surface area contributed by atoms with Gasteiger partial charge in [0.1, 0.15) is 5.00 Å². The van der Waals surface area contributed by atoms with E-state index in [4.69, 9.17) is 9.47 Å². The summed E-state index contributed by atoms with van der Waals surface area (Å²) in [7, 11) is 3.15. The van der Waals surface area contributed by atoms with Crippen LogP contribution in [0.3, 0.4) is 0 Å². The first kappa shape index (κ1) is 43.3. The number of carbonyl (C=O) groups excluding carboxylic acids is 5. The minimum Gasteiger partial charge on any atom is -0.466 e. The Kier molecular flexibility index (Phi) is 15.5. The number of carbonyl (C=O) groups is 5. The Morgan fingerprint density at radius 3 is 2.15 bits per heavy atom. The normalized spacial score (nSPS) is 13.8. The quantitative estimate of drug-likeness (QED) is 0.0960. The lowest BCUT2D eigenvalue weighted by atomic mass is 9.95. The molecule has 0 radical (unpaired) electrons. The number of methoxy groups -OCH3 is 1. The highest BCUT2D eigenvalue weighted by molar-refractivity contribution is 7.17. The van der Waals surface area contributed by atoms with Gasteiger partial charge in [-0.25, -0.2) is 4.79 Å². The maximum atomic E-state index is 14.0. The Balaban J connectivity index is 1.09. The molecule has 2 N–H and O–H groups in total. The van der Waals surface area contributed by atoms with Crippen molar-refractivity contribution in [1.29, 1.82) is 0 Å². The molecular formula is C47H56N4O7S. The van der Waals surface area contributed by atoms with E-state index in [1.807, 2.05) is 54.6 Å². The van der Waals surface area contributed by atoms with Crippen LogP contribution in [0.25, 0.3) is 0 Å². The van der Waals surface area contributed by atoms with E-state index in [-0.39, 0.29) is 42.5 Å². The summed E-state index contributed by atoms with van der Waals surface area (Å²) >= 11 is 1.50. The smallest absolute Gasteiger partial charge is 0.337 e. The number of hydrogen-bond donors (Lipinski definition) is 2. The summed E-state index contributed by atoms with van der Waals surface area (Å²) in [5.41, 5.74) is 6.54. The molecule has 11 nitrogen and oxygen atoms in total. The number of nitrogens with zero attached hydrogens (tertiary/aromatic N) is 2. The van der Waals surface area contributed by atoms with Crippen molar-refractivity contribution in [1.82, 2.24) is 9.80 Å². The van der Waals surface area contributed by atoms with E-state index in [0.717, 1.165) is 78.5 Å². The second kappa shape index (κ2) is 21.1. The molecule has 1 saturated carbocycles. The second-order valence-electron chi connectivity index (χ2n) is 15.4. The molecule has 1 heterocycles.